The molecule has 2 aromatic rings. The summed E-state index contributed by atoms with van der Waals surface area (Å²) in [5.41, 5.74) is 8.57. The highest BCUT2D eigenvalue weighted by Crippen LogP contribution is 2.22. The molecule has 0 amide bonds. The first-order valence-corrected chi connectivity index (χ1v) is 8.04. The Bertz CT molecular complexity index is 528. The first-order chi connectivity index (χ1) is 9.19. The summed E-state index contributed by atoms with van der Waals surface area (Å²) in [7, 11) is 0. The molecule has 2 nitrogen and oxygen atoms in total. The van der Waals surface area contributed by atoms with Gasteiger partial charge in [0.15, 0.2) is 0 Å². The van der Waals surface area contributed by atoms with Gasteiger partial charge in [-0.05, 0) is 57.4 Å². The molecular formula is C15H17BrN2S. The van der Waals surface area contributed by atoms with Crippen molar-refractivity contribution in [3.8, 4) is 0 Å². The van der Waals surface area contributed by atoms with Gasteiger partial charge in [-0.15, -0.1) is 11.8 Å². The molecule has 0 saturated carbocycles. The van der Waals surface area contributed by atoms with Crippen LogP contribution in [0.5, 0.6) is 0 Å². The van der Waals surface area contributed by atoms with Crippen LogP contribution in [0.15, 0.2) is 52.1 Å². The van der Waals surface area contributed by atoms with E-state index in [0.717, 1.165) is 22.2 Å². The normalized spacial score (nSPS) is 12.4. The lowest BCUT2D eigenvalue weighted by molar-refractivity contribution is 0.718. The van der Waals surface area contributed by atoms with Crippen molar-refractivity contribution in [2.24, 2.45) is 5.73 Å². The van der Waals surface area contributed by atoms with Crippen molar-refractivity contribution in [2.45, 2.75) is 24.3 Å². The zero-order chi connectivity index (χ0) is 13.7. The van der Waals surface area contributed by atoms with Gasteiger partial charge in [-0.2, -0.15) is 0 Å². The number of halogens is 1. The van der Waals surface area contributed by atoms with Crippen molar-refractivity contribution < 1.29 is 0 Å². The van der Waals surface area contributed by atoms with Gasteiger partial charge >= 0.3 is 0 Å². The third-order valence-corrected chi connectivity index (χ3v) is 4.16. The Balaban J connectivity index is 2.05. The molecule has 0 radical (unpaired) electrons. The summed E-state index contributed by atoms with van der Waals surface area (Å²) in [6.45, 7) is 2.16. The van der Waals surface area contributed by atoms with E-state index in [1.807, 2.05) is 18.0 Å². The number of thioether (sulfide) groups is 1. The molecular weight excluding hydrogens is 320 g/mol. The fraction of sp³-hybridized carbons (Fsp3) is 0.267. The van der Waals surface area contributed by atoms with Crippen molar-refractivity contribution in [3.05, 3.63) is 58.3 Å². The van der Waals surface area contributed by atoms with Crippen LogP contribution in [0, 0.1) is 0 Å². The molecule has 100 valence electrons. The molecule has 0 bridgehead atoms. The number of rotatable bonds is 5. The first-order valence-electron chi connectivity index (χ1n) is 6.27. The zero-order valence-corrected chi connectivity index (χ0v) is 13.2. The van der Waals surface area contributed by atoms with Gasteiger partial charge in [0.2, 0.25) is 0 Å². The summed E-state index contributed by atoms with van der Waals surface area (Å²) >= 11 is 5.27. The number of hydrogen-bond acceptors (Lipinski definition) is 3. The minimum atomic E-state index is 0.0109. The van der Waals surface area contributed by atoms with E-state index in [1.165, 1.54) is 10.5 Å². The highest BCUT2D eigenvalue weighted by atomic mass is 79.9. The molecule has 1 aromatic carbocycles. The topological polar surface area (TPSA) is 38.9 Å². The van der Waals surface area contributed by atoms with Gasteiger partial charge in [0.25, 0.3) is 0 Å². The highest BCUT2D eigenvalue weighted by Gasteiger charge is 2.07. The monoisotopic (exact) mass is 336 g/mol. The van der Waals surface area contributed by atoms with Gasteiger partial charge < -0.3 is 5.73 Å². The third-order valence-electron chi connectivity index (χ3n) is 2.84. The summed E-state index contributed by atoms with van der Waals surface area (Å²) in [4.78, 5) is 5.46. The standard InChI is InChI=1S/C15H17BrN2S/c1-2-19-14-5-3-12(4-6-14)15(17)8-11-7-13(16)10-18-9-11/h3-7,9-10,15H,2,8,17H2,1H3. The lowest BCUT2D eigenvalue weighted by Gasteiger charge is -2.12. The van der Waals surface area contributed by atoms with E-state index in [4.69, 9.17) is 5.73 Å². The molecule has 0 fully saturated rings. The Morgan fingerprint density at radius 2 is 2.00 bits per heavy atom. The van der Waals surface area contributed by atoms with Crippen molar-refractivity contribution in [3.63, 3.8) is 0 Å². The maximum atomic E-state index is 6.25. The van der Waals surface area contributed by atoms with E-state index in [-0.39, 0.29) is 6.04 Å². The summed E-state index contributed by atoms with van der Waals surface area (Å²) < 4.78 is 0.992. The van der Waals surface area contributed by atoms with Crippen LogP contribution in [-0.2, 0) is 6.42 Å². The summed E-state index contributed by atoms with van der Waals surface area (Å²) in [6, 6.07) is 10.6. The predicted molar refractivity (Wildman–Crippen MR) is 85.4 cm³/mol. The Labute approximate surface area is 126 Å². The van der Waals surface area contributed by atoms with Crippen molar-refractivity contribution >= 4 is 27.7 Å². The van der Waals surface area contributed by atoms with Gasteiger partial charge in [-0.25, -0.2) is 0 Å². The van der Waals surface area contributed by atoms with Crippen molar-refractivity contribution in [1.82, 2.24) is 4.98 Å². The van der Waals surface area contributed by atoms with Crippen LogP contribution in [0.4, 0.5) is 0 Å². The largest absolute Gasteiger partial charge is 0.324 e. The van der Waals surface area contributed by atoms with E-state index in [0.29, 0.717) is 0 Å². The number of nitrogens with zero attached hydrogens (tertiary/aromatic N) is 1. The molecule has 2 rings (SSSR count). The zero-order valence-electron chi connectivity index (χ0n) is 10.8. The van der Waals surface area contributed by atoms with Gasteiger partial charge in [-0.3, -0.25) is 4.98 Å². The van der Waals surface area contributed by atoms with Crippen LogP contribution in [0.1, 0.15) is 24.1 Å². The van der Waals surface area contributed by atoms with Gasteiger partial charge in [0.1, 0.15) is 0 Å². The second-order valence-corrected chi connectivity index (χ2v) is 6.58. The smallest absolute Gasteiger partial charge is 0.0410 e. The molecule has 19 heavy (non-hydrogen) atoms. The molecule has 0 aliphatic carbocycles. The van der Waals surface area contributed by atoms with Gasteiger partial charge in [0.05, 0.1) is 0 Å². The van der Waals surface area contributed by atoms with E-state index >= 15 is 0 Å². The van der Waals surface area contributed by atoms with Crippen molar-refractivity contribution in [2.75, 3.05) is 5.75 Å². The maximum absolute atomic E-state index is 6.25. The molecule has 1 heterocycles. The third kappa shape index (κ3) is 4.34. The fourth-order valence-electron chi connectivity index (χ4n) is 1.92. The lowest BCUT2D eigenvalue weighted by Crippen LogP contribution is -2.13. The van der Waals surface area contributed by atoms with E-state index in [2.05, 4.69) is 58.2 Å². The van der Waals surface area contributed by atoms with Crippen molar-refractivity contribution in [1.29, 1.82) is 0 Å². The fourth-order valence-corrected chi connectivity index (χ4v) is 2.99. The second-order valence-electron chi connectivity index (χ2n) is 4.32. The van der Waals surface area contributed by atoms with Crippen LogP contribution in [-0.4, -0.2) is 10.7 Å². The first kappa shape index (κ1) is 14.6. The van der Waals surface area contributed by atoms with Gasteiger partial charge in [-0.1, -0.05) is 19.1 Å². The molecule has 2 N–H and O–H groups in total. The minimum absolute atomic E-state index is 0.0109. The molecule has 0 spiro atoms. The molecule has 4 heteroatoms. The summed E-state index contributed by atoms with van der Waals surface area (Å²) in [5.74, 6) is 1.09. The maximum Gasteiger partial charge on any atom is 0.0410 e. The summed E-state index contributed by atoms with van der Waals surface area (Å²) in [6.07, 6.45) is 4.45. The van der Waals surface area contributed by atoms with Crippen LogP contribution in [0.3, 0.4) is 0 Å². The van der Waals surface area contributed by atoms with E-state index in [1.54, 1.807) is 6.20 Å². The Hall–Kier alpha value is -0.840. The summed E-state index contributed by atoms with van der Waals surface area (Å²) in [5, 5.41) is 0. The number of hydrogen-bond donors (Lipinski definition) is 1. The van der Waals surface area contributed by atoms with E-state index < -0.39 is 0 Å². The van der Waals surface area contributed by atoms with Gasteiger partial charge in [0, 0.05) is 27.8 Å². The molecule has 0 saturated heterocycles. The molecule has 0 aliphatic rings. The quantitative estimate of drug-likeness (QED) is 0.831. The molecule has 1 atom stereocenters. The molecule has 1 unspecified atom stereocenters. The Kier molecular flexibility index (Phi) is 5.43. The average molecular weight is 337 g/mol. The highest BCUT2D eigenvalue weighted by molar-refractivity contribution is 9.10. The average Bonchev–Trinajstić information content (AvgIpc) is 2.40. The van der Waals surface area contributed by atoms with E-state index in [9.17, 15) is 0 Å². The van der Waals surface area contributed by atoms with Crippen LogP contribution >= 0.6 is 27.7 Å². The Morgan fingerprint density at radius 3 is 2.63 bits per heavy atom. The Morgan fingerprint density at radius 1 is 1.26 bits per heavy atom. The number of benzene rings is 1. The molecule has 0 aliphatic heterocycles. The van der Waals surface area contributed by atoms with Crippen LogP contribution < -0.4 is 5.73 Å². The minimum Gasteiger partial charge on any atom is -0.324 e. The number of aromatic nitrogens is 1. The SMILES string of the molecule is CCSc1ccc(C(N)Cc2cncc(Br)c2)cc1. The molecule has 1 aromatic heterocycles. The lowest BCUT2D eigenvalue weighted by atomic mass is 10.0. The number of nitrogens with two attached hydrogens (primary N) is 1. The van der Waals surface area contributed by atoms with Crippen LogP contribution in [0.25, 0.3) is 0 Å². The number of pyridine rings is 1. The van der Waals surface area contributed by atoms with Crippen LogP contribution in [0.2, 0.25) is 0 Å². The second kappa shape index (κ2) is 7.08. The predicted octanol–water partition coefficient (Wildman–Crippen LogP) is 4.20.